The van der Waals surface area contributed by atoms with Gasteiger partial charge in [-0.2, -0.15) is 4.98 Å². The molecule has 0 amide bonds. The Morgan fingerprint density at radius 3 is 2.37 bits per heavy atom. The lowest BCUT2D eigenvalue weighted by Gasteiger charge is -2.07. The SMILES string of the molecule is CCc1ccc(OCc2cccc(-c3nc(-c4ccccc4)no3)c2)cc1. The van der Waals surface area contributed by atoms with Crippen molar-refractivity contribution in [3.8, 4) is 28.6 Å². The van der Waals surface area contributed by atoms with E-state index < -0.39 is 0 Å². The second-order valence-corrected chi connectivity index (χ2v) is 6.28. The molecule has 0 aliphatic heterocycles. The van der Waals surface area contributed by atoms with E-state index in [9.17, 15) is 0 Å². The molecule has 0 N–H and O–H groups in total. The first-order valence-corrected chi connectivity index (χ1v) is 9.02. The largest absolute Gasteiger partial charge is 0.489 e. The van der Waals surface area contributed by atoms with E-state index in [0.717, 1.165) is 28.9 Å². The van der Waals surface area contributed by atoms with Crippen molar-refractivity contribution in [3.05, 3.63) is 90.0 Å². The number of ether oxygens (including phenoxy) is 1. The van der Waals surface area contributed by atoms with Crippen molar-refractivity contribution in [1.29, 1.82) is 0 Å². The Hall–Kier alpha value is -3.40. The third-order valence-electron chi connectivity index (χ3n) is 4.37. The van der Waals surface area contributed by atoms with Crippen molar-refractivity contribution in [2.75, 3.05) is 0 Å². The van der Waals surface area contributed by atoms with E-state index in [-0.39, 0.29) is 0 Å². The maximum Gasteiger partial charge on any atom is 0.258 e. The third-order valence-corrected chi connectivity index (χ3v) is 4.37. The molecule has 0 radical (unpaired) electrons. The van der Waals surface area contributed by atoms with E-state index in [2.05, 4.69) is 29.2 Å². The van der Waals surface area contributed by atoms with Gasteiger partial charge in [-0.25, -0.2) is 0 Å². The zero-order valence-electron chi connectivity index (χ0n) is 15.1. The average Bonchev–Trinajstić information content (AvgIpc) is 3.24. The van der Waals surface area contributed by atoms with E-state index in [1.54, 1.807) is 0 Å². The fourth-order valence-corrected chi connectivity index (χ4v) is 2.83. The fraction of sp³-hybridized carbons (Fsp3) is 0.130. The van der Waals surface area contributed by atoms with Gasteiger partial charge in [0.25, 0.3) is 5.89 Å². The zero-order valence-corrected chi connectivity index (χ0v) is 15.1. The minimum atomic E-state index is 0.485. The van der Waals surface area contributed by atoms with Gasteiger partial charge in [0.2, 0.25) is 5.82 Å². The third kappa shape index (κ3) is 4.06. The Balaban J connectivity index is 1.48. The van der Waals surface area contributed by atoms with Gasteiger partial charge in [0.1, 0.15) is 12.4 Å². The smallest absolute Gasteiger partial charge is 0.258 e. The summed E-state index contributed by atoms with van der Waals surface area (Å²) < 4.78 is 11.3. The Bertz CT molecular complexity index is 1010. The quantitative estimate of drug-likeness (QED) is 0.455. The molecule has 0 bridgehead atoms. The van der Waals surface area contributed by atoms with Gasteiger partial charge >= 0.3 is 0 Å². The number of aryl methyl sites for hydroxylation is 1. The van der Waals surface area contributed by atoms with Crippen LogP contribution in [0.5, 0.6) is 5.75 Å². The predicted octanol–water partition coefficient (Wildman–Crippen LogP) is 5.55. The minimum absolute atomic E-state index is 0.485. The van der Waals surface area contributed by atoms with Crippen molar-refractivity contribution in [2.24, 2.45) is 0 Å². The normalized spacial score (nSPS) is 10.7. The molecular formula is C23H20N2O2. The van der Waals surface area contributed by atoms with Crippen molar-refractivity contribution < 1.29 is 9.26 Å². The Morgan fingerprint density at radius 1 is 0.815 bits per heavy atom. The molecule has 3 aromatic carbocycles. The van der Waals surface area contributed by atoms with Gasteiger partial charge < -0.3 is 9.26 Å². The van der Waals surface area contributed by atoms with E-state index in [0.29, 0.717) is 18.3 Å². The second kappa shape index (κ2) is 7.87. The topological polar surface area (TPSA) is 48.2 Å². The van der Waals surface area contributed by atoms with Crippen molar-refractivity contribution in [3.63, 3.8) is 0 Å². The van der Waals surface area contributed by atoms with Crippen LogP contribution in [0.3, 0.4) is 0 Å². The summed E-state index contributed by atoms with van der Waals surface area (Å²) in [5, 5.41) is 4.08. The first-order chi connectivity index (χ1) is 13.3. The van der Waals surface area contributed by atoms with Crippen LogP contribution < -0.4 is 4.74 Å². The molecule has 4 heteroatoms. The van der Waals surface area contributed by atoms with Gasteiger partial charge in [-0.1, -0.05) is 66.7 Å². The van der Waals surface area contributed by atoms with Crippen LogP contribution in [0, 0.1) is 0 Å². The van der Waals surface area contributed by atoms with Crippen LogP contribution in [0.2, 0.25) is 0 Å². The summed E-state index contributed by atoms with van der Waals surface area (Å²) in [4.78, 5) is 4.51. The van der Waals surface area contributed by atoms with E-state index in [1.807, 2.05) is 66.7 Å². The molecule has 0 aliphatic rings. The maximum atomic E-state index is 5.89. The molecule has 0 saturated heterocycles. The molecule has 0 spiro atoms. The molecule has 0 saturated carbocycles. The van der Waals surface area contributed by atoms with Crippen molar-refractivity contribution in [2.45, 2.75) is 20.0 Å². The van der Waals surface area contributed by atoms with Crippen molar-refractivity contribution in [1.82, 2.24) is 10.1 Å². The van der Waals surface area contributed by atoms with E-state index >= 15 is 0 Å². The molecule has 4 aromatic rings. The summed E-state index contributed by atoms with van der Waals surface area (Å²) in [6.45, 7) is 2.63. The lowest BCUT2D eigenvalue weighted by Crippen LogP contribution is -1.96. The predicted molar refractivity (Wildman–Crippen MR) is 105 cm³/mol. The molecule has 0 fully saturated rings. The Labute approximate surface area is 158 Å². The van der Waals surface area contributed by atoms with Gasteiger partial charge in [0.15, 0.2) is 0 Å². The van der Waals surface area contributed by atoms with Crippen LogP contribution in [0.15, 0.2) is 83.4 Å². The van der Waals surface area contributed by atoms with Gasteiger partial charge in [-0.15, -0.1) is 0 Å². The summed E-state index contributed by atoms with van der Waals surface area (Å²) in [6, 6.07) is 26.0. The summed E-state index contributed by atoms with van der Waals surface area (Å²) in [5.41, 5.74) is 4.16. The molecule has 1 heterocycles. The van der Waals surface area contributed by atoms with Gasteiger partial charge in [-0.3, -0.25) is 0 Å². The highest BCUT2D eigenvalue weighted by atomic mass is 16.5. The lowest BCUT2D eigenvalue weighted by molar-refractivity contribution is 0.306. The van der Waals surface area contributed by atoms with Gasteiger partial charge in [-0.05, 0) is 41.8 Å². The second-order valence-electron chi connectivity index (χ2n) is 6.28. The molecule has 134 valence electrons. The number of nitrogens with zero attached hydrogens (tertiary/aromatic N) is 2. The zero-order chi connectivity index (χ0) is 18.5. The first kappa shape index (κ1) is 17.0. The molecule has 0 atom stereocenters. The van der Waals surface area contributed by atoms with Crippen LogP contribution in [0.1, 0.15) is 18.1 Å². The highest BCUT2D eigenvalue weighted by Crippen LogP contribution is 2.23. The van der Waals surface area contributed by atoms with Crippen LogP contribution >= 0.6 is 0 Å². The number of hydrogen-bond acceptors (Lipinski definition) is 4. The highest BCUT2D eigenvalue weighted by molar-refractivity contribution is 5.60. The molecule has 1 aromatic heterocycles. The van der Waals surface area contributed by atoms with Crippen LogP contribution in [-0.4, -0.2) is 10.1 Å². The van der Waals surface area contributed by atoms with Crippen LogP contribution in [0.4, 0.5) is 0 Å². The Kier molecular flexibility index (Phi) is 4.97. The molecule has 0 unspecified atom stereocenters. The fourth-order valence-electron chi connectivity index (χ4n) is 2.83. The number of hydrogen-bond donors (Lipinski definition) is 0. The number of aromatic nitrogens is 2. The van der Waals surface area contributed by atoms with Crippen molar-refractivity contribution >= 4 is 0 Å². The molecule has 27 heavy (non-hydrogen) atoms. The van der Waals surface area contributed by atoms with Crippen LogP contribution in [0.25, 0.3) is 22.8 Å². The minimum Gasteiger partial charge on any atom is -0.489 e. The summed E-state index contributed by atoms with van der Waals surface area (Å²) in [7, 11) is 0. The van der Waals surface area contributed by atoms with Crippen LogP contribution in [-0.2, 0) is 13.0 Å². The summed E-state index contributed by atoms with van der Waals surface area (Å²) >= 11 is 0. The average molecular weight is 356 g/mol. The standard InChI is InChI=1S/C23H20N2O2/c1-2-17-11-13-21(14-12-17)26-16-18-7-6-10-20(15-18)23-24-22(25-27-23)19-8-4-3-5-9-19/h3-15H,2,16H2,1H3. The van der Waals surface area contributed by atoms with Gasteiger partial charge in [0, 0.05) is 11.1 Å². The Morgan fingerprint density at radius 2 is 1.59 bits per heavy atom. The maximum absolute atomic E-state index is 5.89. The molecular weight excluding hydrogens is 336 g/mol. The van der Waals surface area contributed by atoms with E-state index in [4.69, 9.17) is 9.26 Å². The van der Waals surface area contributed by atoms with E-state index in [1.165, 1.54) is 5.56 Å². The van der Waals surface area contributed by atoms with Gasteiger partial charge in [0.05, 0.1) is 0 Å². The molecule has 4 nitrogen and oxygen atoms in total. The molecule has 0 aliphatic carbocycles. The number of benzene rings is 3. The highest BCUT2D eigenvalue weighted by Gasteiger charge is 2.11. The lowest BCUT2D eigenvalue weighted by atomic mass is 10.1. The summed E-state index contributed by atoms with van der Waals surface area (Å²) in [6.07, 6.45) is 1.03. The monoisotopic (exact) mass is 356 g/mol. The number of rotatable bonds is 6. The summed E-state index contributed by atoms with van der Waals surface area (Å²) in [5.74, 6) is 1.95. The first-order valence-electron chi connectivity index (χ1n) is 9.02. The molecule has 4 rings (SSSR count).